The van der Waals surface area contributed by atoms with Crippen LogP contribution in [-0.2, 0) is 6.42 Å². The number of amides is 1. The number of rotatable bonds is 5. The number of hydrogen-bond acceptors (Lipinski definition) is 3. The third kappa shape index (κ3) is 3.93. The largest absolute Gasteiger partial charge is 0.388 e. The van der Waals surface area contributed by atoms with Crippen molar-refractivity contribution in [1.82, 2.24) is 4.98 Å². The fraction of sp³-hybridized carbons (Fsp3) is 0.0833. The molecule has 2 N–H and O–H groups in total. The highest BCUT2D eigenvalue weighted by Crippen LogP contribution is 2.31. The van der Waals surface area contributed by atoms with Crippen LogP contribution in [0.15, 0.2) is 79.1 Å². The minimum absolute atomic E-state index is 0.154. The molecule has 3 aromatic carbocycles. The molecule has 0 aliphatic heterocycles. The maximum Gasteiger partial charge on any atom is 0.256 e. The van der Waals surface area contributed by atoms with Crippen LogP contribution in [0.2, 0.25) is 5.02 Å². The Morgan fingerprint density at radius 2 is 1.66 bits per heavy atom. The van der Waals surface area contributed by atoms with Gasteiger partial charge in [-0.05, 0) is 47.5 Å². The monoisotopic (exact) mass is 401 g/mol. The first-order valence-electron chi connectivity index (χ1n) is 9.34. The first kappa shape index (κ1) is 19.0. The molecule has 0 fully saturated rings. The van der Waals surface area contributed by atoms with Gasteiger partial charge in [-0.2, -0.15) is 0 Å². The smallest absolute Gasteiger partial charge is 0.256 e. The quantitative estimate of drug-likeness (QED) is 0.446. The average Bonchev–Trinajstić information content (AvgIpc) is 2.76. The van der Waals surface area contributed by atoms with Crippen molar-refractivity contribution in [3.63, 3.8) is 0 Å². The topological polar surface area (TPSA) is 54.0 Å². The number of carbonyl (C=O) groups is 1. The number of anilines is 2. The highest BCUT2D eigenvalue weighted by atomic mass is 35.5. The van der Waals surface area contributed by atoms with Crippen LogP contribution in [0, 0.1) is 0 Å². The van der Waals surface area contributed by atoms with Crippen LogP contribution in [0.4, 0.5) is 11.4 Å². The van der Waals surface area contributed by atoms with E-state index in [1.165, 1.54) is 0 Å². The number of aromatic nitrogens is 1. The van der Waals surface area contributed by atoms with Gasteiger partial charge in [0.2, 0.25) is 0 Å². The zero-order chi connectivity index (χ0) is 20.2. The zero-order valence-electron chi connectivity index (χ0n) is 15.9. The molecule has 0 bridgehead atoms. The molecule has 0 unspecified atom stereocenters. The SMILES string of the molecule is CNc1cccc(C(=O)Nc2ccc(Cl)c3ccccc23)c1Cc1ccncc1. The molecule has 4 aromatic rings. The number of nitrogens with zero attached hydrogens (tertiary/aromatic N) is 1. The van der Waals surface area contributed by atoms with Crippen LogP contribution in [0.3, 0.4) is 0 Å². The fourth-order valence-corrected chi connectivity index (χ4v) is 3.72. The minimum Gasteiger partial charge on any atom is -0.388 e. The molecular weight excluding hydrogens is 382 g/mol. The second-order valence-electron chi connectivity index (χ2n) is 6.71. The van der Waals surface area contributed by atoms with Gasteiger partial charge in [-0.25, -0.2) is 0 Å². The van der Waals surface area contributed by atoms with E-state index in [9.17, 15) is 4.79 Å². The summed E-state index contributed by atoms with van der Waals surface area (Å²) in [5, 5.41) is 8.75. The lowest BCUT2D eigenvalue weighted by atomic mass is 9.97. The average molecular weight is 402 g/mol. The van der Waals surface area contributed by atoms with E-state index in [1.807, 2.05) is 67.7 Å². The predicted molar refractivity (Wildman–Crippen MR) is 120 cm³/mol. The van der Waals surface area contributed by atoms with Gasteiger partial charge in [0.25, 0.3) is 5.91 Å². The van der Waals surface area contributed by atoms with Gasteiger partial charge in [-0.3, -0.25) is 9.78 Å². The normalized spacial score (nSPS) is 10.7. The molecule has 0 radical (unpaired) electrons. The molecule has 0 spiro atoms. The standard InChI is InChI=1S/C24H20ClN3O/c1-26-22-8-4-7-19(20(22)15-16-11-13-27-14-12-16)24(29)28-23-10-9-21(25)17-5-2-3-6-18(17)23/h2-14,26H,15H2,1H3,(H,28,29). The highest BCUT2D eigenvalue weighted by Gasteiger charge is 2.16. The number of carbonyl (C=O) groups excluding carboxylic acids is 1. The Hall–Kier alpha value is -3.37. The van der Waals surface area contributed by atoms with E-state index >= 15 is 0 Å². The molecule has 5 heteroatoms. The van der Waals surface area contributed by atoms with E-state index in [0.29, 0.717) is 17.0 Å². The molecule has 0 atom stereocenters. The molecule has 0 aliphatic carbocycles. The number of hydrogen-bond donors (Lipinski definition) is 2. The second-order valence-corrected chi connectivity index (χ2v) is 7.12. The lowest BCUT2D eigenvalue weighted by Crippen LogP contribution is -2.16. The maximum atomic E-state index is 13.2. The molecule has 0 aliphatic rings. The molecule has 1 heterocycles. The second kappa shape index (κ2) is 8.33. The number of nitrogens with one attached hydrogen (secondary N) is 2. The van der Waals surface area contributed by atoms with Crippen LogP contribution in [0.5, 0.6) is 0 Å². The van der Waals surface area contributed by atoms with E-state index in [-0.39, 0.29) is 5.91 Å². The van der Waals surface area contributed by atoms with Crippen LogP contribution >= 0.6 is 11.6 Å². The lowest BCUT2D eigenvalue weighted by molar-refractivity contribution is 0.102. The number of fused-ring (bicyclic) bond motifs is 1. The number of benzene rings is 3. The van der Waals surface area contributed by atoms with Gasteiger partial charge in [-0.15, -0.1) is 0 Å². The van der Waals surface area contributed by atoms with Crippen molar-refractivity contribution in [3.8, 4) is 0 Å². The van der Waals surface area contributed by atoms with Crippen molar-refractivity contribution in [1.29, 1.82) is 0 Å². The van der Waals surface area contributed by atoms with E-state index in [0.717, 1.165) is 33.3 Å². The summed E-state index contributed by atoms with van der Waals surface area (Å²) in [5.74, 6) is -0.154. The predicted octanol–water partition coefficient (Wildman–Crippen LogP) is 5.77. The third-order valence-corrected chi connectivity index (χ3v) is 5.27. The van der Waals surface area contributed by atoms with Gasteiger partial charge in [0, 0.05) is 58.6 Å². The first-order valence-corrected chi connectivity index (χ1v) is 9.72. The van der Waals surface area contributed by atoms with Crippen LogP contribution in [0.25, 0.3) is 10.8 Å². The van der Waals surface area contributed by atoms with Crippen LogP contribution in [0.1, 0.15) is 21.5 Å². The van der Waals surface area contributed by atoms with Crippen LogP contribution < -0.4 is 10.6 Å². The maximum absolute atomic E-state index is 13.2. The summed E-state index contributed by atoms with van der Waals surface area (Å²) >= 11 is 6.31. The van der Waals surface area contributed by atoms with Gasteiger partial charge in [0.1, 0.15) is 0 Å². The molecule has 4 rings (SSSR count). The lowest BCUT2D eigenvalue weighted by Gasteiger charge is -2.16. The Morgan fingerprint density at radius 1 is 0.897 bits per heavy atom. The molecule has 1 amide bonds. The van der Waals surface area contributed by atoms with Crippen molar-refractivity contribution in [2.24, 2.45) is 0 Å². The summed E-state index contributed by atoms with van der Waals surface area (Å²) in [6, 6.07) is 21.1. The van der Waals surface area contributed by atoms with Gasteiger partial charge in [-0.1, -0.05) is 41.9 Å². The van der Waals surface area contributed by atoms with Crippen molar-refractivity contribution in [3.05, 3.63) is 101 Å². The van der Waals surface area contributed by atoms with E-state index in [1.54, 1.807) is 18.5 Å². The Balaban J connectivity index is 1.72. The molecule has 0 saturated carbocycles. The minimum atomic E-state index is -0.154. The fourth-order valence-electron chi connectivity index (χ4n) is 3.49. The van der Waals surface area contributed by atoms with Crippen molar-refractivity contribution >= 4 is 39.7 Å². The Labute approximate surface area is 174 Å². The molecular formula is C24H20ClN3O. The number of pyridine rings is 1. The van der Waals surface area contributed by atoms with Gasteiger partial charge >= 0.3 is 0 Å². The molecule has 144 valence electrons. The summed E-state index contributed by atoms with van der Waals surface area (Å²) in [6.07, 6.45) is 4.15. The Bertz CT molecular complexity index is 1180. The summed E-state index contributed by atoms with van der Waals surface area (Å²) in [5.41, 5.74) is 4.33. The zero-order valence-corrected chi connectivity index (χ0v) is 16.7. The molecule has 1 aromatic heterocycles. The van der Waals surface area contributed by atoms with Crippen molar-refractivity contribution < 1.29 is 4.79 Å². The van der Waals surface area contributed by atoms with Crippen molar-refractivity contribution in [2.75, 3.05) is 17.7 Å². The van der Waals surface area contributed by atoms with Gasteiger partial charge < -0.3 is 10.6 Å². The molecule has 4 nitrogen and oxygen atoms in total. The Kier molecular flexibility index (Phi) is 5.45. The van der Waals surface area contributed by atoms with E-state index in [2.05, 4.69) is 15.6 Å². The summed E-state index contributed by atoms with van der Waals surface area (Å²) in [4.78, 5) is 17.3. The van der Waals surface area contributed by atoms with E-state index in [4.69, 9.17) is 11.6 Å². The van der Waals surface area contributed by atoms with Gasteiger partial charge in [0.15, 0.2) is 0 Å². The number of halogens is 1. The van der Waals surface area contributed by atoms with Gasteiger partial charge in [0.05, 0.1) is 0 Å². The molecule has 29 heavy (non-hydrogen) atoms. The van der Waals surface area contributed by atoms with Crippen molar-refractivity contribution in [2.45, 2.75) is 6.42 Å². The summed E-state index contributed by atoms with van der Waals surface area (Å²) in [7, 11) is 1.86. The highest BCUT2D eigenvalue weighted by molar-refractivity contribution is 6.36. The summed E-state index contributed by atoms with van der Waals surface area (Å²) in [6.45, 7) is 0. The van der Waals surface area contributed by atoms with Crippen LogP contribution in [-0.4, -0.2) is 17.9 Å². The third-order valence-electron chi connectivity index (χ3n) is 4.94. The summed E-state index contributed by atoms with van der Waals surface area (Å²) < 4.78 is 0. The molecule has 0 saturated heterocycles. The van der Waals surface area contributed by atoms with E-state index < -0.39 is 0 Å². The Morgan fingerprint density at radius 3 is 2.41 bits per heavy atom. The first-order chi connectivity index (χ1) is 14.2.